The maximum Gasteiger partial charge on any atom is 0.267 e. The molecule has 5 rings (SSSR count). The van der Waals surface area contributed by atoms with Gasteiger partial charge in [-0.25, -0.2) is 4.90 Å². The number of anilines is 1. The van der Waals surface area contributed by atoms with Crippen LogP contribution in [0.5, 0.6) is 0 Å². The first-order valence-corrected chi connectivity index (χ1v) is 8.58. The number of nitrogens with one attached hydrogen (secondary N) is 1. The Labute approximate surface area is 158 Å². The largest absolute Gasteiger partial charge is 0.291 e. The van der Waals surface area contributed by atoms with Crippen LogP contribution in [0.3, 0.4) is 0 Å². The van der Waals surface area contributed by atoms with Gasteiger partial charge in [-0.3, -0.25) is 19.4 Å². The van der Waals surface area contributed by atoms with Crippen LogP contribution in [0, 0.1) is 6.92 Å². The van der Waals surface area contributed by atoms with Crippen LogP contribution < -0.4 is 10.5 Å². The van der Waals surface area contributed by atoms with E-state index in [0.29, 0.717) is 17.0 Å². The number of imide groups is 1. The van der Waals surface area contributed by atoms with Crippen LogP contribution in [-0.4, -0.2) is 31.4 Å². The summed E-state index contributed by atoms with van der Waals surface area (Å²) in [7, 11) is 0. The molecular formula is C20H13N5O3. The minimum absolute atomic E-state index is 0.0530. The molecule has 0 bridgehead atoms. The Morgan fingerprint density at radius 2 is 1.46 bits per heavy atom. The molecule has 3 heterocycles. The Hall–Kier alpha value is -4.07. The van der Waals surface area contributed by atoms with Gasteiger partial charge in [0.05, 0.1) is 11.1 Å². The first kappa shape index (κ1) is 16.1. The maximum atomic E-state index is 12.8. The van der Waals surface area contributed by atoms with Crippen molar-refractivity contribution in [3.8, 4) is 11.4 Å². The zero-order valence-corrected chi connectivity index (χ0v) is 14.7. The predicted molar refractivity (Wildman–Crippen MR) is 101 cm³/mol. The van der Waals surface area contributed by atoms with E-state index in [9.17, 15) is 14.4 Å². The predicted octanol–water partition coefficient (Wildman–Crippen LogP) is 2.19. The molecule has 2 amide bonds. The number of hydrogen-bond donors (Lipinski definition) is 1. The number of carbonyl (C=O) groups excluding carboxylic acids is 2. The van der Waals surface area contributed by atoms with Gasteiger partial charge in [0.25, 0.3) is 17.4 Å². The molecule has 0 unspecified atom stereocenters. The highest BCUT2D eigenvalue weighted by atomic mass is 16.2. The molecule has 8 heteroatoms. The minimum atomic E-state index is -0.500. The van der Waals surface area contributed by atoms with Crippen LogP contribution in [0.2, 0.25) is 0 Å². The van der Waals surface area contributed by atoms with Crippen molar-refractivity contribution in [1.82, 2.24) is 19.6 Å². The van der Waals surface area contributed by atoms with E-state index < -0.39 is 17.4 Å². The van der Waals surface area contributed by atoms with Gasteiger partial charge in [0, 0.05) is 11.6 Å². The average Bonchev–Trinajstić information content (AvgIpc) is 3.21. The van der Waals surface area contributed by atoms with Gasteiger partial charge in [-0.1, -0.05) is 36.4 Å². The van der Waals surface area contributed by atoms with E-state index in [0.717, 1.165) is 16.0 Å². The highest BCUT2D eigenvalue weighted by Crippen LogP contribution is 2.28. The number of benzene rings is 2. The molecule has 0 aliphatic carbocycles. The van der Waals surface area contributed by atoms with Crippen molar-refractivity contribution in [2.45, 2.75) is 6.92 Å². The lowest BCUT2D eigenvalue weighted by Crippen LogP contribution is -2.32. The highest BCUT2D eigenvalue weighted by molar-refractivity contribution is 6.34. The van der Waals surface area contributed by atoms with Crippen LogP contribution >= 0.6 is 0 Å². The van der Waals surface area contributed by atoms with Gasteiger partial charge in [0.1, 0.15) is 0 Å². The van der Waals surface area contributed by atoms with Crippen LogP contribution in [0.15, 0.2) is 59.4 Å². The lowest BCUT2D eigenvalue weighted by atomic mass is 10.1. The van der Waals surface area contributed by atoms with Gasteiger partial charge < -0.3 is 0 Å². The van der Waals surface area contributed by atoms with Crippen molar-refractivity contribution in [3.05, 3.63) is 81.6 Å². The number of aromatic nitrogens is 4. The SMILES string of the molecule is Cc1ccccc1-c1nc2[nH]c(=O)cc(N3C(=O)c4ccccc4C3=O)n2n1. The molecule has 0 fully saturated rings. The summed E-state index contributed by atoms with van der Waals surface area (Å²) in [5.41, 5.74) is 1.85. The lowest BCUT2D eigenvalue weighted by Gasteiger charge is -2.13. The van der Waals surface area contributed by atoms with Gasteiger partial charge in [0.2, 0.25) is 5.78 Å². The third-order valence-electron chi connectivity index (χ3n) is 4.73. The van der Waals surface area contributed by atoms with Gasteiger partial charge in [-0.15, -0.1) is 5.10 Å². The lowest BCUT2D eigenvalue weighted by molar-refractivity contribution is 0.0924. The Kier molecular flexibility index (Phi) is 3.29. The Morgan fingerprint density at radius 1 is 0.857 bits per heavy atom. The van der Waals surface area contributed by atoms with Crippen molar-refractivity contribution in [1.29, 1.82) is 0 Å². The fourth-order valence-electron chi connectivity index (χ4n) is 3.37. The van der Waals surface area contributed by atoms with Crippen LogP contribution in [0.25, 0.3) is 17.2 Å². The van der Waals surface area contributed by atoms with Crippen molar-refractivity contribution < 1.29 is 9.59 Å². The average molecular weight is 371 g/mol. The van der Waals surface area contributed by atoms with Gasteiger partial charge in [-0.05, 0) is 24.6 Å². The second-order valence-corrected chi connectivity index (χ2v) is 6.47. The second-order valence-electron chi connectivity index (χ2n) is 6.47. The van der Waals surface area contributed by atoms with Crippen LogP contribution in [0.1, 0.15) is 26.3 Å². The van der Waals surface area contributed by atoms with E-state index in [1.54, 1.807) is 24.3 Å². The van der Waals surface area contributed by atoms with Crippen LogP contribution in [0.4, 0.5) is 5.82 Å². The normalized spacial score (nSPS) is 13.4. The number of amides is 2. The summed E-state index contributed by atoms with van der Waals surface area (Å²) in [6.07, 6.45) is 0. The van der Waals surface area contributed by atoms with E-state index >= 15 is 0 Å². The molecule has 1 N–H and O–H groups in total. The number of carbonyl (C=O) groups is 2. The number of H-pyrrole nitrogens is 1. The Morgan fingerprint density at radius 3 is 2.11 bits per heavy atom. The van der Waals surface area contributed by atoms with Crippen molar-refractivity contribution in [3.63, 3.8) is 0 Å². The third kappa shape index (κ3) is 2.21. The summed E-state index contributed by atoms with van der Waals surface area (Å²) in [6, 6.07) is 15.3. The van der Waals surface area contributed by atoms with E-state index in [-0.39, 0.29) is 11.6 Å². The van der Waals surface area contributed by atoms with Crippen LogP contribution in [-0.2, 0) is 0 Å². The zero-order chi connectivity index (χ0) is 19.4. The number of rotatable bonds is 2. The molecule has 0 saturated heterocycles. The Bertz CT molecular complexity index is 1320. The summed E-state index contributed by atoms with van der Waals surface area (Å²) in [5, 5.41) is 4.45. The third-order valence-corrected chi connectivity index (χ3v) is 4.73. The van der Waals surface area contributed by atoms with E-state index in [1.165, 1.54) is 10.6 Å². The number of aryl methyl sites for hydroxylation is 1. The first-order chi connectivity index (χ1) is 13.5. The fourth-order valence-corrected chi connectivity index (χ4v) is 3.37. The summed E-state index contributed by atoms with van der Waals surface area (Å²) >= 11 is 0. The summed E-state index contributed by atoms with van der Waals surface area (Å²) in [6.45, 7) is 1.93. The summed E-state index contributed by atoms with van der Waals surface area (Å²) in [4.78, 5) is 45.8. The highest BCUT2D eigenvalue weighted by Gasteiger charge is 2.38. The molecule has 0 saturated carbocycles. The molecule has 0 spiro atoms. The molecule has 2 aromatic heterocycles. The molecule has 28 heavy (non-hydrogen) atoms. The molecule has 2 aromatic carbocycles. The molecule has 1 aliphatic rings. The maximum absolute atomic E-state index is 12.8. The van der Waals surface area contributed by atoms with Gasteiger partial charge in [-0.2, -0.15) is 9.50 Å². The van der Waals surface area contributed by atoms with Gasteiger partial charge in [0.15, 0.2) is 11.6 Å². The molecule has 0 atom stereocenters. The van der Waals surface area contributed by atoms with Crippen molar-refractivity contribution in [2.75, 3.05) is 4.90 Å². The van der Waals surface area contributed by atoms with Crippen molar-refractivity contribution in [2.24, 2.45) is 0 Å². The first-order valence-electron chi connectivity index (χ1n) is 8.58. The molecular weight excluding hydrogens is 358 g/mol. The summed E-state index contributed by atoms with van der Waals surface area (Å²) < 4.78 is 1.31. The quantitative estimate of drug-likeness (QED) is 0.545. The number of fused-ring (bicyclic) bond motifs is 2. The molecule has 0 radical (unpaired) electrons. The smallest absolute Gasteiger partial charge is 0.267 e. The fraction of sp³-hybridized carbons (Fsp3) is 0.0500. The van der Waals surface area contributed by atoms with E-state index in [1.807, 2.05) is 31.2 Å². The summed E-state index contributed by atoms with van der Waals surface area (Å²) in [5.74, 6) is -0.409. The Balaban J connectivity index is 1.73. The molecule has 4 aromatic rings. The zero-order valence-electron chi connectivity index (χ0n) is 14.7. The van der Waals surface area contributed by atoms with E-state index in [4.69, 9.17) is 0 Å². The van der Waals surface area contributed by atoms with E-state index in [2.05, 4.69) is 15.1 Å². The minimum Gasteiger partial charge on any atom is -0.291 e. The van der Waals surface area contributed by atoms with Crippen molar-refractivity contribution >= 4 is 23.4 Å². The second kappa shape index (κ2) is 5.71. The molecule has 8 nitrogen and oxygen atoms in total. The standard InChI is InChI=1S/C20H13N5O3/c1-11-6-2-3-7-12(11)17-22-20-21-15(26)10-16(25(20)23-17)24-18(27)13-8-4-5-9-14(13)19(24)28/h2-10H,1H3,(H,21,22,23,26). The molecule has 1 aliphatic heterocycles. The monoisotopic (exact) mass is 371 g/mol. The number of nitrogens with zero attached hydrogens (tertiary/aromatic N) is 4. The molecule has 136 valence electrons. The number of aromatic amines is 1. The van der Waals surface area contributed by atoms with Gasteiger partial charge >= 0.3 is 0 Å². The number of hydrogen-bond acceptors (Lipinski definition) is 5. The topological polar surface area (TPSA) is 100 Å².